The smallest absolute Gasteiger partial charge is 0.230 e. The number of aromatic nitrogens is 3. The zero-order valence-corrected chi connectivity index (χ0v) is 17.4. The van der Waals surface area contributed by atoms with E-state index in [9.17, 15) is 4.79 Å². The van der Waals surface area contributed by atoms with Crippen LogP contribution in [0.1, 0.15) is 31.9 Å². The number of thiophene rings is 1. The lowest BCUT2D eigenvalue weighted by molar-refractivity contribution is -0.119. The molecule has 0 aliphatic rings. The number of benzene rings is 1. The number of thioether (sulfide) groups is 1. The number of nitrogens with one attached hydrogen (secondary N) is 1. The summed E-state index contributed by atoms with van der Waals surface area (Å²) in [6, 6.07) is 14.2. The first kappa shape index (κ1) is 19.6. The predicted molar refractivity (Wildman–Crippen MR) is 112 cm³/mol. The second-order valence-electron chi connectivity index (χ2n) is 6.79. The molecule has 0 aliphatic carbocycles. The van der Waals surface area contributed by atoms with Gasteiger partial charge >= 0.3 is 0 Å². The van der Waals surface area contributed by atoms with E-state index in [1.54, 1.807) is 11.3 Å². The molecule has 3 rings (SSSR count). The first-order chi connectivity index (χ1) is 13.0. The summed E-state index contributed by atoms with van der Waals surface area (Å²) in [5.74, 6) is 1.65. The fourth-order valence-corrected chi connectivity index (χ4v) is 4.33. The molecule has 0 bridgehead atoms. The van der Waals surface area contributed by atoms with Crippen molar-refractivity contribution in [2.45, 2.75) is 31.5 Å². The molecule has 0 aliphatic heterocycles. The van der Waals surface area contributed by atoms with E-state index in [1.807, 2.05) is 47.3 Å². The monoisotopic (exact) mass is 400 g/mol. The Balaban J connectivity index is 1.61. The van der Waals surface area contributed by atoms with E-state index in [-0.39, 0.29) is 11.9 Å². The minimum absolute atomic E-state index is 0.00942. The Morgan fingerprint density at radius 2 is 1.96 bits per heavy atom. The van der Waals surface area contributed by atoms with Gasteiger partial charge in [-0.05, 0) is 29.3 Å². The van der Waals surface area contributed by atoms with Crippen LogP contribution in [-0.4, -0.2) is 26.4 Å². The first-order valence-electron chi connectivity index (χ1n) is 8.95. The third-order valence-corrected chi connectivity index (χ3v) is 6.04. The summed E-state index contributed by atoms with van der Waals surface area (Å²) >= 11 is 3.04. The molecular weight excluding hydrogens is 376 g/mol. The summed E-state index contributed by atoms with van der Waals surface area (Å²) < 4.78 is 1.94. The van der Waals surface area contributed by atoms with Crippen LogP contribution < -0.4 is 5.32 Å². The van der Waals surface area contributed by atoms with E-state index in [4.69, 9.17) is 0 Å². The Kier molecular flexibility index (Phi) is 6.68. The van der Waals surface area contributed by atoms with Crippen LogP contribution in [0.5, 0.6) is 0 Å². The standard InChI is InChI=1S/C20H24N4OS2/c1-14(2)12-16(15-8-5-4-6-9-15)21-18(25)13-27-20-23-22-19(24(20)3)17-10-7-11-26-17/h4-11,14,16H,12-13H2,1-3H3,(H,21,25). The molecule has 5 nitrogen and oxygen atoms in total. The van der Waals surface area contributed by atoms with Gasteiger partial charge in [0.2, 0.25) is 5.91 Å². The molecular formula is C20H24N4OS2. The zero-order chi connectivity index (χ0) is 19.2. The van der Waals surface area contributed by atoms with Gasteiger partial charge in [-0.25, -0.2) is 0 Å². The lowest BCUT2D eigenvalue weighted by atomic mass is 9.97. The van der Waals surface area contributed by atoms with Crippen LogP contribution in [0.15, 0.2) is 53.0 Å². The molecule has 142 valence electrons. The van der Waals surface area contributed by atoms with Gasteiger partial charge in [-0.1, -0.05) is 62.0 Å². The van der Waals surface area contributed by atoms with Gasteiger partial charge in [0.15, 0.2) is 11.0 Å². The van der Waals surface area contributed by atoms with Crippen molar-refractivity contribution in [3.63, 3.8) is 0 Å². The number of carbonyl (C=O) groups is 1. The van der Waals surface area contributed by atoms with Crippen LogP contribution in [0.2, 0.25) is 0 Å². The van der Waals surface area contributed by atoms with Gasteiger partial charge in [-0.3, -0.25) is 4.79 Å². The maximum atomic E-state index is 12.5. The molecule has 27 heavy (non-hydrogen) atoms. The normalized spacial score (nSPS) is 12.3. The van der Waals surface area contributed by atoms with Gasteiger partial charge in [0, 0.05) is 7.05 Å². The number of carbonyl (C=O) groups excluding carboxylic acids is 1. The van der Waals surface area contributed by atoms with E-state index in [1.165, 1.54) is 11.8 Å². The molecule has 1 aromatic carbocycles. The first-order valence-corrected chi connectivity index (χ1v) is 10.8. The van der Waals surface area contributed by atoms with Crippen LogP contribution in [-0.2, 0) is 11.8 Å². The molecule has 0 saturated heterocycles. The molecule has 0 spiro atoms. The van der Waals surface area contributed by atoms with Crippen LogP contribution in [0.4, 0.5) is 0 Å². The minimum Gasteiger partial charge on any atom is -0.349 e. The van der Waals surface area contributed by atoms with Gasteiger partial charge < -0.3 is 9.88 Å². The average molecular weight is 401 g/mol. The topological polar surface area (TPSA) is 59.8 Å². The summed E-state index contributed by atoms with van der Waals surface area (Å²) in [5, 5.41) is 14.4. The molecule has 7 heteroatoms. The lowest BCUT2D eigenvalue weighted by Gasteiger charge is -2.21. The fraction of sp³-hybridized carbons (Fsp3) is 0.350. The van der Waals surface area contributed by atoms with E-state index < -0.39 is 0 Å². The van der Waals surface area contributed by atoms with Crippen molar-refractivity contribution in [3.05, 3.63) is 53.4 Å². The highest BCUT2D eigenvalue weighted by Gasteiger charge is 2.18. The molecule has 0 fully saturated rings. The van der Waals surface area contributed by atoms with Gasteiger partial charge in [0.05, 0.1) is 16.7 Å². The molecule has 1 N–H and O–H groups in total. The summed E-state index contributed by atoms with van der Waals surface area (Å²) in [6.07, 6.45) is 0.910. The van der Waals surface area contributed by atoms with Crippen molar-refractivity contribution in [2.24, 2.45) is 13.0 Å². The molecule has 0 radical (unpaired) electrons. The van der Waals surface area contributed by atoms with E-state index >= 15 is 0 Å². The summed E-state index contributed by atoms with van der Waals surface area (Å²) in [7, 11) is 1.93. The number of amides is 1. The third kappa shape index (κ3) is 5.20. The maximum Gasteiger partial charge on any atom is 0.230 e. The van der Waals surface area contributed by atoms with Crippen molar-refractivity contribution < 1.29 is 4.79 Å². The molecule has 1 unspecified atom stereocenters. The second-order valence-corrected chi connectivity index (χ2v) is 8.68. The molecule has 1 amide bonds. The van der Waals surface area contributed by atoms with E-state index in [0.29, 0.717) is 11.7 Å². The van der Waals surface area contributed by atoms with Crippen molar-refractivity contribution in [1.82, 2.24) is 20.1 Å². The molecule has 2 aromatic heterocycles. The Morgan fingerprint density at radius 1 is 1.19 bits per heavy atom. The highest BCUT2D eigenvalue weighted by molar-refractivity contribution is 7.99. The second kappa shape index (κ2) is 9.19. The van der Waals surface area contributed by atoms with Gasteiger partial charge in [-0.15, -0.1) is 21.5 Å². The van der Waals surface area contributed by atoms with Gasteiger partial charge in [-0.2, -0.15) is 0 Å². The Morgan fingerprint density at radius 3 is 2.63 bits per heavy atom. The van der Waals surface area contributed by atoms with E-state index in [2.05, 4.69) is 41.5 Å². The summed E-state index contributed by atoms with van der Waals surface area (Å²) in [4.78, 5) is 13.6. The van der Waals surface area contributed by atoms with E-state index in [0.717, 1.165) is 27.8 Å². The molecule has 1 atom stereocenters. The summed E-state index contributed by atoms with van der Waals surface area (Å²) in [6.45, 7) is 4.34. The number of hydrogen-bond acceptors (Lipinski definition) is 5. The van der Waals surface area contributed by atoms with Crippen molar-refractivity contribution in [3.8, 4) is 10.7 Å². The van der Waals surface area contributed by atoms with Gasteiger partial charge in [0.25, 0.3) is 0 Å². The van der Waals surface area contributed by atoms with Crippen molar-refractivity contribution in [1.29, 1.82) is 0 Å². The lowest BCUT2D eigenvalue weighted by Crippen LogP contribution is -2.31. The third-order valence-electron chi connectivity index (χ3n) is 4.15. The highest BCUT2D eigenvalue weighted by atomic mass is 32.2. The van der Waals surface area contributed by atoms with Crippen molar-refractivity contribution >= 4 is 29.0 Å². The van der Waals surface area contributed by atoms with Crippen LogP contribution >= 0.6 is 23.1 Å². The quantitative estimate of drug-likeness (QED) is 0.564. The average Bonchev–Trinajstić information content (AvgIpc) is 3.29. The van der Waals surface area contributed by atoms with Crippen LogP contribution in [0, 0.1) is 5.92 Å². The van der Waals surface area contributed by atoms with Crippen LogP contribution in [0.3, 0.4) is 0 Å². The SMILES string of the molecule is CC(C)CC(NC(=O)CSc1nnc(-c2cccs2)n1C)c1ccccc1. The number of rotatable bonds is 8. The molecule has 2 heterocycles. The maximum absolute atomic E-state index is 12.5. The highest BCUT2D eigenvalue weighted by Crippen LogP contribution is 2.26. The summed E-state index contributed by atoms with van der Waals surface area (Å²) in [5.41, 5.74) is 1.14. The van der Waals surface area contributed by atoms with Crippen molar-refractivity contribution in [2.75, 3.05) is 5.75 Å². The number of hydrogen-bond donors (Lipinski definition) is 1. The fourth-order valence-electron chi connectivity index (χ4n) is 2.86. The minimum atomic E-state index is 0.00942. The largest absolute Gasteiger partial charge is 0.349 e. The Labute approximate surface area is 168 Å². The Hall–Kier alpha value is -2.12. The Bertz CT molecular complexity index is 860. The van der Waals surface area contributed by atoms with Gasteiger partial charge in [0.1, 0.15) is 0 Å². The zero-order valence-electron chi connectivity index (χ0n) is 15.8. The molecule has 0 saturated carbocycles. The van der Waals surface area contributed by atoms with Crippen LogP contribution in [0.25, 0.3) is 10.7 Å². The molecule has 3 aromatic rings. The number of nitrogens with zero attached hydrogens (tertiary/aromatic N) is 3. The predicted octanol–water partition coefficient (Wildman–Crippen LogP) is 4.54.